The van der Waals surface area contributed by atoms with Crippen molar-refractivity contribution in [2.75, 3.05) is 25.6 Å². The van der Waals surface area contributed by atoms with Gasteiger partial charge in [0.25, 0.3) is 5.91 Å². The monoisotopic (exact) mass is 383 g/mol. The van der Waals surface area contributed by atoms with E-state index in [-0.39, 0.29) is 29.7 Å². The van der Waals surface area contributed by atoms with Crippen molar-refractivity contribution in [3.05, 3.63) is 12.1 Å². The van der Waals surface area contributed by atoms with E-state index >= 15 is 0 Å². The molecule has 1 aromatic carbocycles. The van der Waals surface area contributed by atoms with Crippen LogP contribution in [-0.4, -0.2) is 40.1 Å². The molecule has 0 unspecified atom stereocenters. The molecular formula is C17H25N3O5S. The maximum atomic E-state index is 12.8. The van der Waals surface area contributed by atoms with E-state index in [9.17, 15) is 13.2 Å². The highest BCUT2D eigenvalue weighted by molar-refractivity contribution is 7.89. The summed E-state index contributed by atoms with van der Waals surface area (Å²) in [6, 6.07) is 2.82. The number of nitrogens with two attached hydrogens (primary N) is 1. The first-order valence-corrected chi connectivity index (χ1v) is 10.2. The van der Waals surface area contributed by atoms with Gasteiger partial charge < -0.3 is 20.5 Å². The number of rotatable bonds is 5. The third-order valence-corrected chi connectivity index (χ3v) is 6.32. The lowest BCUT2D eigenvalue weighted by molar-refractivity contribution is -0.118. The number of hydrogen-bond acceptors (Lipinski definition) is 6. The summed E-state index contributed by atoms with van der Waals surface area (Å²) in [5.41, 5.74) is 6.26. The first kappa shape index (κ1) is 18.9. The van der Waals surface area contributed by atoms with Crippen molar-refractivity contribution in [1.29, 1.82) is 0 Å². The van der Waals surface area contributed by atoms with Gasteiger partial charge >= 0.3 is 0 Å². The van der Waals surface area contributed by atoms with Crippen molar-refractivity contribution in [2.24, 2.45) is 5.73 Å². The molecule has 0 saturated heterocycles. The molecule has 0 radical (unpaired) electrons. The van der Waals surface area contributed by atoms with Gasteiger partial charge in [0.15, 0.2) is 6.61 Å². The summed E-state index contributed by atoms with van der Waals surface area (Å²) in [5.74, 6) is 0.128. The predicted molar refractivity (Wildman–Crippen MR) is 96.9 cm³/mol. The van der Waals surface area contributed by atoms with Crippen LogP contribution in [0, 0.1) is 0 Å². The van der Waals surface area contributed by atoms with Crippen molar-refractivity contribution >= 4 is 21.6 Å². The molecule has 4 N–H and O–H groups in total. The molecule has 0 bridgehead atoms. The minimum absolute atomic E-state index is 0.0351. The van der Waals surface area contributed by atoms with Crippen LogP contribution in [0.25, 0.3) is 0 Å². The van der Waals surface area contributed by atoms with Crippen molar-refractivity contribution < 1.29 is 22.7 Å². The van der Waals surface area contributed by atoms with Gasteiger partial charge in [-0.25, -0.2) is 13.1 Å². The molecule has 1 heterocycles. The van der Waals surface area contributed by atoms with E-state index in [0.717, 1.165) is 38.5 Å². The summed E-state index contributed by atoms with van der Waals surface area (Å²) < 4.78 is 38.8. The maximum Gasteiger partial charge on any atom is 0.262 e. The number of nitrogens with one attached hydrogen (secondary N) is 2. The second-order valence-electron chi connectivity index (χ2n) is 6.94. The van der Waals surface area contributed by atoms with Gasteiger partial charge in [-0.1, -0.05) is 25.7 Å². The van der Waals surface area contributed by atoms with Crippen LogP contribution in [0.5, 0.6) is 11.5 Å². The highest BCUT2D eigenvalue weighted by atomic mass is 32.2. The lowest BCUT2D eigenvalue weighted by atomic mass is 9.92. The summed E-state index contributed by atoms with van der Waals surface area (Å²) in [6.45, 7) is 0.0192. The summed E-state index contributed by atoms with van der Waals surface area (Å²) >= 11 is 0. The molecule has 1 aliphatic carbocycles. The highest BCUT2D eigenvalue weighted by Gasteiger charge is 2.31. The Morgan fingerprint density at radius 1 is 1.27 bits per heavy atom. The van der Waals surface area contributed by atoms with E-state index in [1.165, 1.54) is 19.2 Å². The molecule has 0 spiro atoms. The van der Waals surface area contributed by atoms with E-state index in [0.29, 0.717) is 11.4 Å². The number of carbonyl (C=O) groups excluding carboxylic acids is 1. The first-order chi connectivity index (χ1) is 12.3. The summed E-state index contributed by atoms with van der Waals surface area (Å²) in [7, 11) is -2.47. The van der Waals surface area contributed by atoms with Crippen LogP contribution in [0.2, 0.25) is 0 Å². The summed E-state index contributed by atoms with van der Waals surface area (Å²) in [4.78, 5) is 11.4. The Labute approximate surface area is 153 Å². The van der Waals surface area contributed by atoms with Crippen molar-refractivity contribution in [3.8, 4) is 11.5 Å². The standard InChI is InChI=1S/C17H25N3O5S/c1-24-14-8-12-13(25-10-16(21)20-12)9-15(14)26(22,23)19-11-17(18)6-4-2-3-5-7-17/h8-9,19H,2-7,10-11,18H2,1H3,(H,20,21). The Kier molecular flexibility index (Phi) is 5.40. The Morgan fingerprint density at radius 3 is 2.62 bits per heavy atom. The topological polar surface area (TPSA) is 120 Å². The van der Waals surface area contributed by atoms with Crippen LogP contribution < -0.4 is 25.2 Å². The van der Waals surface area contributed by atoms with E-state index in [1.807, 2.05) is 0 Å². The fraction of sp³-hybridized carbons (Fsp3) is 0.588. The molecule has 0 atom stereocenters. The number of hydrogen-bond donors (Lipinski definition) is 3. The van der Waals surface area contributed by atoms with E-state index < -0.39 is 15.6 Å². The van der Waals surface area contributed by atoms with Gasteiger partial charge in [-0.05, 0) is 12.8 Å². The average Bonchev–Trinajstić information content (AvgIpc) is 2.84. The van der Waals surface area contributed by atoms with Crippen molar-refractivity contribution in [3.63, 3.8) is 0 Å². The minimum atomic E-state index is -3.85. The lowest BCUT2D eigenvalue weighted by Crippen LogP contribution is -2.49. The molecule has 8 nitrogen and oxygen atoms in total. The molecule has 144 valence electrons. The number of sulfonamides is 1. The fourth-order valence-electron chi connectivity index (χ4n) is 3.38. The quantitative estimate of drug-likeness (QED) is 0.660. The van der Waals surface area contributed by atoms with E-state index in [4.69, 9.17) is 15.2 Å². The lowest BCUT2D eigenvalue weighted by Gasteiger charge is -2.28. The van der Waals surface area contributed by atoms with E-state index in [2.05, 4.69) is 10.0 Å². The second-order valence-corrected chi connectivity index (χ2v) is 8.67. The summed E-state index contributed by atoms with van der Waals surface area (Å²) in [6.07, 6.45) is 5.88. The maximum absolute atomic E-state index is 12.8. The van der Waals surface area contributed by atoms with Gasteiger partial charge in [0.1, 0.15) is 16.4 Å². The minimum Gasteiger partial charge on any atom is -0.495 e. The first-order valence-electron chi connectivity index (χ1n) is 8.76. The summed E-state index contributed by atoms with van der Waals surface area (Å²) in [5, 5.41) is 2.63. The number of anilines is 1. The van der Waals surface area contributed by atoms with Crippen LogP contribution in [0.3, 0.4) is 0 Å². The third-order valence-electron chi connectivity index (χ3n) is 4.90. The number of methoxy groups -OCH3 is 1. The second kappa shape index (κ2) is 7.42. The average molecular weight is 383 g/mol. The molecule has 3 rings (SSSR count). The Morgan fingerprint density at radius 2 is 1.96 bits per heavy atom. The van der Waals surface area contributed by atoms with Crippen molar-refractivity contribution in [1.82, 2.24) is 4.72 Å². The number of carbonyl (C=O) groups is 1. The number of benzene rings is 1. The molecule has 1 saturated carbocycles. The molecule has 9 heteroatoms. The van der Waals surface area contributed by atoms with Gasteiger partial charge in [-0.2, -0.15) is 0 Å². The number of fused-ring (bicyclic) bond motifs is 1. The smallest absolute Gasteiger partial charge is 0.262 e. The van der Waals surface area contributed by atoms with Crippen LogP contribution >= 0.6 is 0 Å². The molecule has 26 heavy (non-hydrogen) atoms. The Balaban J connectivity index is 1.83. The van der Waals surface area contributed by atoms with Gasteiger partial charge in [0.05, 0.1) is 12.8 Å². The van der Waals surface area contributed by atoms with Gasteiger partial charge in [-0.15, -0.1) is 0 Å². The number of ether oxygens (including phenoxy) is 2. The molecular weight excluding hydrogens is 358 g/mol. The zero-order valence-electron chi connectivity index (χ0n) is 14.8. The zero-order valence-corrected chi connectivity index (χ0v) is 15.7. The molecule has 2 aliphatic rings. The molecule has 1 aromatic rings. The SMILES string of the molecule is COc1cc2c(cc1S(=O)(=O)NCC1(N)CCCCCC1)OCC(=O)N2. The molecule has 1 aliphatic heterocycles. The number of amides is 1. The predicted octanol–water partition coefficient (Wildman–Crippen LogP) is 1.36. The Hall–Kier alpha value is -1.84. The highest BCUT2D eigenvalue weighted by Crippen LogP contribution is 2.37. The van der Waals surface area contributed by atoms with Gasteiger partial charge in [0.2, 0.25) is 10.0 Å². The molecule has 0 aromatic heterocycles. The third kappa shape index (κ3) is 4.11. The largest absolute Gasteiger partial charge is 0.495 e. The van der Waals surface area contributed by atoms with Gasteiger partial charge in [-0.3, -0.25) is 4.79 Å². The van der Waals surface area contributed by atoms with Crippen LogP contribution in [0.4, 0.5) is 5.69 Å². The van der Waals surface area contributed by atoms with Crippen LogP contribution in [0.15, 0.2) is 17.0 Å². The normalized spacial score (nSPS) is 19.7. The molecule has 1 amide bonds. The molecule has 1 fully saturated rings. The Bertz CT molecular complexity index is 786. The van der Waals surface area contributed by atoms with Gasteiger partial charge in [0, 0.05) is 24.2 Å². The van der Waals surface area contributed by atoms with Crippen LogP contribution in [-0.2, 0) is 14.8 Å². The zero-order chi connectivity index (χ0) is 18.8. The van der Waals surface area contributed by atoms with E-state index in [1.54, 1.807) is 0 Å². The van der Waals surface area contributed by atoms with Crippen molar-refractivity contribution in [2.45, 2.75) is 49.0 Å². The fourth-order valence-corrected chi connectivity index (χ4v) is 4.69. The van der Waals surface area contributed by atoms with Crippen LogP contribution in [0.1, 0.15) is 38.5 Å².